The molecule has 1 unspecified atom stereocenters. The van der Waals surface area contributed by atoms with Gasteiger partial charge in [-0.1, -0.05) is 25.5 Å². The van der Waals surface area contributed by atoms with Crippen LogP contribution in [0, 0.1) is 0 Å². The standard InChI is InChI=1S/C17H24N2O/c1-4-6-17(18-2)15-9-10-19(13-15)12-14-7-5-8-16(11-14)20-3/h5,7-11,13,17-18H,4,6,12H2,1-3H3. The molecule has 0 saturated carbocycles. The monoisotopic (exact) mass is 272 g/mol. The normalized spacial score (nSPS) is 12.3. The molecule has 0 saturated heterocycles. The maximum absolute atomic E-state index is 5.27. The maximum Gasteiger partial charge on any atom is 0.119 e. The first-order valence-electron chi connectivity index (χ1n) is 7.22. The van der Waals surface area contributed by atoms with E-state index in [0.717, 1.165) is 12.3 Å². The molecule has 2 rings (SSSR count). The Hall–Kier alpha value is -1.74. The van der Waals surface area contributed by atoms with Crippen molar-refractivity contribution in [2.75, 3.05) is 14.2 Å². The van der Waals surface area contributed by atoms with Crippen molar-refractivity contribution in [1.82, 2.24) is 9.88 Å². The van der Waals surface area contributed by atoms with Crippen LogP contribution in [0.15, 0.2) is 42.7 Å². The lowest BCUT2D eigenvalue weighted by atomic mass is 10.1. The first-order chi connectivity index (χ1) is 9.76. The smallest absolute Gasteiger partial charge is 0.119 e. The fourth-order valence-corrected chi connectivity index (χ4v) is 2.51. The van der Waals surface area contributed by atoms with Gasteiger partial charge in [-0.05, 0) is 42.8 Å². The lowest BCUT2D eigenvalue weighted by Crippen LogP contribution is -2.15. The Labute approximate surface area is 121 Å². The molecule has 3 nitrogen and oxygen atoms in total. The van der Waals surface area contributed by atoms with Crippen LogP contribution in [0.4, 0.5) is 0 Å². The van der Waals surface area contributed by atoms with Crippen LogP contribution in [0.5, 0.6) is 5.75 Å². The highest BCUT2D eigenvalue weighted by atomic mass is 16.5. The van der Waals surface area contributed by atoms with Crippen molar-refractivity contribution < 1.29 is 4.74 Å². The summed E-state index contributed by atoms with van der Waals surface area (Å²) >= 11 is 0. The van der Waals surface area contributed by atoms with Gasteiger partial charge in [0.15, 0.2) is 0 Å². The molecule has 1 aromatic carbocycles. The minimum absolute atomic E-state index is 0.451. The molecule has 3 heteroatoms. The Morgan fingerprint density at radius 1 is 1.30 bits per heavy atom. The zero-order chi connectivity index (χ0) is 14.4. The zero-order valence-electron chi connectivity index (χ0n) is 12.6. The number of hydrogen-bond donors (Lipinski definition) is 1. The largest absolute Gasteiger partial charge is 0.497 e. The van der Waals surface area contributed by atoms with Gasteiger partial charge < -0.3 is 14.6 Å². The van der Waals surface area contributed by atoms with E-state index >= 15 is 0 Å². The van der Waals surface area contributed by atoms with E-state index in [1.54, 1.807) is 7.11 Å². The lowest BCUT2D eigenvalue weighted by molar-refractivity contribution is 0.414. The number of ether oxygens (including phenoxy) is 1. The van der Waals surface area contributed by atoms with Gasteiger partial charge in [-0.2, -0.15) is 0 Å². The molecule has 1 aromatic heterocycles. The fourth-order valence-electron chi connectivity index (χ4n) is 2.51. The number of nitrogens with zero attached hydrogens (tertiary/aromatic N) is 1. The second kappa shape index (κ2) is 7.15. The molecule has 1 heterocycles. The van der Waals surface area contributed by atoms with Gasteiger partial charge in [0.1, 0.15) is 5.75 Å². The number of nitrogens with one attached hydrogen (secondary N) is 1. The quantitative estimate of drug-likeness (QED) is 0.833. The molecule has 0 amide bonds. The third-order valence-corrected chi connectivity index (χ3v) is 3.60. The van der Waals surface area contributed by atoms with E-state index in [1.807, 2.05) is 19.2 Å². The van der Waals surface area contributed by atoms with Gasteiger partial charge in [-0.15, -0.1) is 0 Å². The summed E-state index contributed by atoms with van der Waals surface area (Å²) in [5.74, 6) is 0.911. The van der Waals surface area contributed by atoms with Crippen molar-refractivity contribution in [3.8, 4) is 5.75 Å². The molecule has 0 aliphatic rings. The minimum Gasteiger partial charge on any atom is -0.497 e. The number of benzene rings is 1. The van der Waals surface area contributed by atoms with Crippen molar-refractivity contribution in [2.24, 2.45) is 0 Å². The summed E-state index contributed by atoms with van der Waals surface area (Å²) in [5.41, 5.74) is 2.61. The highest BCUT2D eigenvalue weighted by Gasteiger charge is 2.09. The SMILES string of the molecule is CCCC(NC)c1ccn(Cc2cccc(OC)c2)c1. The van der Waals surface area contributed by atoms with Crippen LogP contribution in [0.1, 0.15) is 36.9 Å². The van der Waals surface area contributed by atoms with Gasteiger partial charge in [0.25, 0.3) is 0 Å². The van der Waals surface area contributed by atoms with Crippen LogP contribution in [-0.4, -0.2) is 18.7 Å². The molecule has 0 radical (unpaired) electrons. The van der Waals surface area contributed by atoms with Gasteiger partial charge in [0.05, 0.1) is 7.11 Å². The average molecular weight is 272 g/mol. The summed E-state index contributed by atoms with van der Waals surface area (Å²) in [5, 5.41) is 3.38. The van der Waals surface area contributed by atoms with Gasteiger partial charge in [0, 0.05) is 25.0 Å². The summed E-state index contributed by atoms with van der Waals surface area (Å²) in [7, 11) is 3.73. The Bertz CT molecular complexity index is 533. The Balaban J connectivity index is 2.08. The van der Waals surface area contributed by atoms with Crippen LogP contribution >= 0.6 is 0 Å². The van der Waals surface area contributed by atoms with E-state index in [-0.39, 0.29) is 0 Å². The molecule has 0 aliphatic heterocycles. The third-order valence-electron chi connectivity index (χ3n) is 3.60. The number of aromatic nitrogens is 1. The van der Waals surface area contributed by atoms with E-state index in [0.29, 0.717) is 6.04 Å². The molecule has 1 N–H and O–H groups in total. The maximum atomic E-state index is 5.27. The molecule has 2 aromatic rings. The fraction of sp³-hybridized carbons (Fsp3) is 0.412. The minimum atomic E-state index is 0.451. The van der Waals surface area contributed by atoms with Crippen LogP contribution in [0.3, 0.4) is 0 Å². The first-order valence-corrected chi connectivity index (χ1v) is 7.22. The Morgan fingerprint density at radius 2 is 2.15 bits per heavy atom. The molecule has 0 bridgehead atoms. The van der Waals surface area contributed by atoms with Gasteiger partial charge in [0.2, 0.25) is 0 Å². The summed E-state index contributed by atoms with van der Waals surface area (Å²) in [6, 6.07) is 10.9. The van der Waals surface area contributed by atoms with Crippen molar-refractivity contribution in [1.29, 1.82) is 0 Å². The zero-order valence-corrected chi connectivity index (χ0v) is 12.6. The lowest BCUT2D eigenvalue weighted by Gasteiger charge is -2.13. The molecule has 20 heavy (non-hydrogen) atoms. The molecule has 1 atom stereocenters. The average Bonchev–Trinajstić information content (AvgIpc) is 2.93. The Morgan fingerprint density at radius 3 is 2.85 bits per heavy atom. The Kier molecular flexibility index (Phi) is 5.24. The molecule has 0 spiro atoms. The summed E-state index contributed by atoms with van der Waals surface area (Å²) in [6.45, 7) is 3.09. The molecule has 0 fully saturated rings. The third kappa shape index (κ3) is 3.64. The van der Waals surface area contributed by atoms with Crippen LogP contribution < -0.4 is 10.1 Å². The number of hydrogen-bond acceptors (Lipinski definition) is 2. The van der Waals surface area contributed by atoms with Crippen LogP contribution in [0.2, 0.25) is 0 Å². The topological polar surface area (TPSA) is 26.2 Å². The van der Waals surface area contributed by atoms with Crippen molar-refractivity contribution in [3.05, 3.63) is 53.9 Å². The van der Waals surface area contributed by atoms with E-state index < -0.39 is 0 Å². The highest BCUT2D eigenvalue weighted by Crippen LogP contribution is 2.19. The van der Waals surface area contributed by atoms with Crippen molar-refractivity contribution in [2.45, 2.75) is 32.4 Å². The van der Waals surface area contributed by atoms with Gasteiger partial charge >= 0.3 is 0 Å². The first kappa shape index (κ1) is 14.7. The van der Waals surface area contributed by atoms with Crippen LogP contribution in [-0.2, 0) is 6.54 Å². The molecule has 108 valence electrons. The van der Waals surface area contributed by atoms with E-state index in [4.69, 9.17) is 4.74 Å². The number of rotatable bonds is 7. The predicted molar refractivity (Wildman–Crippen MR) is 83.2 cm³/mol. The summed E-state index contributed by atoms with van der Waals surface area (Å²) in [4.78, 5) is 0. The second-order valence-electron chi connectivity index (χ2n) is 5.10. The summed E-state index contributed by atoms with van der Waals surface area (Å²) < 4.78 is 7.49. The van der Waals surface area contributed by atoms with Gasteiger partial charge in [-0.25, -0.2) is 0 Å². The molecular weight excluding hydrogens is 248 g/mol. The van der Waals surface area contributed by atoms with Crippen molar-refractivity contribution >= 4 is 0 Å². The second-order valence-corrected chi connectivity index (χ2v) is 5.10. The van der Waals surface area contributed by atoms with Crippen molar-refractivity contribution in [3.63, 3.8) is 0 Å². The van der Waals surface area contributed by atoms with E-state index in [9.17, 15) is 0 Å². The molecule has 0 aliphatic carbocycles. The highest BCUT2D eigenvalue weighted by molar-refractivity contribution is 5.29. The van der Waals surface area contributed by atoms with E-state index in [2.05, 4.69) is 47.4 Å². The van der Waals surface area contributed by atoms with E-state index in [1.165, 1.54) is 24.0 Å². The van der Waals surface area contributed by atoms with Gasteiger partial charge in [-0.3, -0.25) is 0 Å². The number of methoxy groups -OCH3 is 1. The predicted octanol–water partition coefficient (Wildman–Crippen LogP) is 3.61. The summed E-state index contributed by atoms with van der Waals surface area (Å²) in [6.07, 6.45) is 6.73. The molecular formula is C17H24N2O. The van der Waals surface area contributed by atoms with Crippen LogP contribution in [0.25, 0.3) is 0 Å².